The first-order valence-corrected chi connectivity index (χ1v) is 9.06. The van der Waals surface area contributed by atoms with Crippen molar-refractivity contribution in [2.75, 3.05) is 6.61 Å². The van der Waals surface area contributed by atoms with E-state index in [-0.39, 0.29) is 36.3 Å². The van der Waals surface area contributed by atoms with Gasteiger partial charge in [0.25, 0.3) is 0 Å². The Bertz CT molecular complexity index is 570. The smallest absolute Gasteiger partial charge is 0.161 e. The average molecular weight is 333 g/mol. The molecule has 2 aliphatic heterocycles. The van der Waals surface area contributed by atoms with Gasteiger partial charge in [0.05, 0.1) is 24.2 Å². The Hall–Kier alpha value is -1.25. The molecule has 0 spiro atoms. The van der Waals surface area contributed by atoms with Gasteiger partial charge in [-0.3, -0.25) is 4.79 Å². The lowest BCUT2D eigenvalue weighted by Crippen LogP contribution is -2.55. The van der Waals surface area contributed by atoms with Gasteiger partial charge in [-0.1, -0.05) is 6.92 Å². The minimum atomic E-state index is -1.05. The highest BCUT2D eigenvalue weighted by molar-refractivity contribution is 5.94. The van der Waals surface area contributed by atoms with Crippen LogP contribution in [0.4, 0.5) is 0 Å². The molecule has 5 heteroatoms. The number of ketones is 2. The Labute approximate surface area is 143 Å². The van der Waals surface area contributed by atoms with Crippen molar-refractivity contribution in [2.45, 2.75) is 71.7 Å². The summed E-state index contributed by atoms with van der Waals surface area (Å²) in [5.74, 6) is 0.523. The Balaban J connectivity index is 1.86. The molecular weight excluding hydrogens is 306 g/mol. The molecule has 2 saturated heterocycles. The van der Waals surface area contributed by atoms with Crippen LogP contribution in [0.2, 0.25) is 0 Å². The van der Waals surface area contributed by atoms with Crippen molar-refractivity contribution in [3.63, 3.8) is 0 Å². The summed E-state index contributed by atoms with van der Waals surface area (Å²) < 4.78 is 11.7. The summed E-state index contributed by atoms with van der Waals surface area (Å²) in [6, 6.07) is 2.28. The third-order valence-electron chi connectivity index (χ3n) is 6.71. The topological polar surface area (TPSA) is 76.4 Å². The van der Waals surface area contributed by atoms with Crippen molar-refractivity contribution in [1.29, 1.82) is 5.26 Å². The molecule has 0 amide bonds. The molecule has 0 unspecified atom stereocenters. The number of nitriles is 1. The summed E-state index contributed by atoms with van der Waals surface area (Å²) in [6.07, 6.45) is 3.38. The van der Waals surface area contributed by atoms with Gasteiger partial charge in [0.15, 0.2) is 12.1 Å². The standard InChI is InChI=1S/C19H27NO4/c1-12-4-7-19(11-20,8-5-13(2)21)17(22)18(12,3)15-10-14-6-9-23-16(14)24-15/h12,14-16H,4-10H2,1-3H3/t12-,14+,15+,16-,18-,19+/m1/s1. The van der Waals surface area contributed by atoms with E-state index >= 15 is 0 Å². The highest BCUT2D eigenvalue weighted by Gasteiger charge is 2.60. The molecule has 3 rings (SSSR count). The number of carbonyl (C=O) groups is 2. The predicted molar refractivity (Wildman–Crippen MR) is 86.8 cm³/mol. The Morgan fingerprint density at radius 1 is 1.42 bits per heavy atom. The molecular formula is C19H27NO4. The van der Waals surface area contributed by atoms with E-state index in [1.54, 1.807) is 0 Å². The summed E-state index contributed by atoms with van der Waals surface area (Å²) in [5, 5.41) is 9.80. The Morgan fingerprint density at radius 2 is 2.17 bits per heavy atom. The van der Waals surface area contributed by atoms with Crippen molar-refractivity contribution < 1.29 is 19.1 Å². The van der Waals surface area contributed by atoms with Gasteiger partial charge < -0.3 is 14.3 Å². The van der Waals surface area contributed by atoms with Crippen molar-refractivity contribution in [3.8, 4) is 6.07 Å². The summed E-state index contributed by atoms with van der Waals surface area (Å²) in [5.41, 5.74) is -1.73. The normalized spacial score (nSPS) is 45.0. The molecule has 132 valence electrons. The van der Waals surface area contributed by atoms with Crippen LogP contribution in [0.3, 0.4) is 0 Å². The van der Waals surface area contributed by atoms with Gasteiger partial charge in [0, 0.05) is 12.3 Å². The molecule has 0 aromatic rings. The fourth-order valence-electron chi connectivity index (χ4n) is 4.74. The summed E-state index contributed by atoms with van der Waals surface area (Å²) in [4.78, 5) is 24.9. The molecule has 1 aliphatic carbocycles. The first-order valence-electron chi connectivity index (χ1n) is 9.06. The molecule has 3 aliphatic rings. The predicted octanol–water partition coefficient (Wildman–Crippen LogP) is 3.02. The van der Waals surface area contributed by atoms with Gasteiger partial charge in [-0.15, -0.1) is 0 Å². The van der Waals surface area contributed by atoms with E-state index in [4.69, 9.17) is 9.47 Å². The molecule has 1 saturated carbocycles. The minimum absolute atomic E-state index is 0.0255. The SMILES string of the molecule is CC(=O)CC[C@]1(C#N)CC[C@@H](C)[C@](C)([C@@H]2C[C@@H]3CCO[C@@H]3O2)C1=O. The number of carbonyl (C=O) groups excluding carboxylic acids is 2. The second-order valence-electron chi connectivity index (χ2n) is 8.10. The third kappa shape index (κ3) is 2.60. The lowest BCUT2D eigenvalue weighted by atomic mass is 9.54. The van der Waals surface area contributed by atoms with E-state index in [2.05, 4.69) is 13.0 Å². The van der Waals surface area contributed by atoms with E-state index in [1.165, 1.54) is 6.92 Å². The molecule has 3 fully saturated rings. The largest absolute Gasteiger partial charge is 0.352 e. The van der Waals surface area contributed by atoms with Crippen LogP contribution >= 0.6 is 0 Å². The van der Waals surface area contributed by atoms with Gasteiger partial charge in [-0.2, -0.15) is 5.26 Å². The fourth-order valence-corrected chi connectivity index (χ4v) is 4.74. The number of ether oxygens (including phenoxy) is 2. The minimum Gasteiger partial charge on any atom is -0.352 e. The lowest BCUT2D eigenvalue weighted by molar-refractivity contribution is -0.175. The van der Waals surface area contributed by atoms with Crippen LogP contribution in [0, 0.1) is 34.0 Å². The number of nitrogens with zero attached hydrogens (tertiary/aromatic N) is 1. The van der Waals surface area contributed by atoms with Gasteiger partial charge in [0.1, 0.15) is 11.2 Å². The first-order chi connectivity index (χ1) is 11.3. The van der Waals surface area contributed by atoms with E-state index < -0.39 is 10.8 Å². The summed E-state index contributed by atoms with van der Waals surface area (Å²) in [7, 11) is 0. The molecule has 24 heavy (non-hydrogen) atoms. The maximum absolute atomic E-state index is 13.5. The van der Waals surface area contributed by atoms with Gasteiger partial charge in [-0.05, 0) is 51.9 Å². The molecule has 0 aromatic carbocycles. The van der Waals surface area contributed by atoms with Crippen molar-refractivity contribution in [3.05, 3.63) is 0 Å². The second kappa shape index (κ2) is 6.24. The average Bonchev–Trinajstić information content (AvgIpc) is 3.14. The summed E-state index contributed by atoms with van der Waals surface area (Å²) in [6.45, 7) is 6.29. The maximum Gasteiger partial charge on any atom is 0.161 e. The van der Waals surface area contributed by atoms with Gasteiger partial charge in [-0.25, -0.2) is 0 Å². The van der Waals surface area contributed by atoms with Crippen LogP contribution in [-0.2, 0) is 19.1 Å². The molecule has 6 atom stereocenters. The van der Waals surface area contributed by atoms with Crippen LogP contribution in [0.1, 0.15) is 59.3 Å². The number of hydrogen-bond donors (Lipinski definition) is 0. The van der Waals surface area contributed by atoms with Crippen molar-refractivity contribution in [1.82, 2.24) is 0 Å². The van der Waals surface area contributed by atoms with Crippen LogP contribution < -0.4 is 0 Å². The van der Waals surface area contributed by atoms with E-state index in [9.17, 15) is 14.9 Å². The fraction of sp³-hybridized carbons (Fsp3) is 0.842. The monoisotopic (exact) mass is 333 g/mol. The van der Waals surface area contributed by atoms with Gasteiger partial charge in [0.2, 0.25) is 0 Å². The quantitative estimate of drug-likeness (QED) is 0.790. The number of Topliss-reactive ketones (excluding diaryl/α,β-unsaturated/α-hetero) is 2. The van der Waals surface area contributed by atoms with Crippen LogP contribution in [0.15, 0.2) is 0 Å². The zero-order valence-corrected chi connectivity index (χ0v) is 14.8. The Morgan fingerprint density at radius 3 is 2.79 bits per heavy atom. The van der Waals surface area contributed by atoms with E-state index in [0.29, 0.717) is 18.8 Å². The number of hydrogen-bond acceptors (Lipinski definition) is 5. The number of rotatable bonds is 4. The van der Waals surface area contributed by atoms with Crippen LogP contribution in [0.25, 0.3) is 0 Å². The van der Waals surface area contributed by atoms with Crippen LogP contribution in [0.5, 0.6) is 0 Å². The molecule has 5 nitrogen and oxygen atoms in total. The molecule has 0 aromatic heterocycles. The van der Waals surface area contributed by atoms with Crippen molar-refractivity contribution in [2.24, 2.45) is 22.7 Å². The van der Waals surface area contributed by atoms with Gasteiger partial charge >= 0.3 is 0 Å². The first kappa shape index (κ1) is 17.6. The zero-order valence-electron chi connectivity index (χ0n) is 14.8. The highest BCUT2D eigenvalue weighted by atomic mass is 16.7. The summed E-state index contributed by atoms with van der Waals surface area (Å²) >= 11 is 0. The highest BCUT2D eigenvalue weighted by Crippen LogP contribution is 2.54. The molecule has 2 heterocycles. The lowest BCUT2D eigenvalue weighted by Gasteiger charge is -2.48. The molecule has 0 N–H and O–H groups in total. The van der Waals surface area contributed by atoms with E-state index in [1.807, 2.05) is 6.92 Å². The maximum atomic E-state index is 13.5. The van der Waals surface area contributed by atoms with E-state index in [0.717, 1.165) is 25.9 Å². The Kier molecular flexibility index (Phi) is 4.57. The third-order valence-corrected chi connectivity index (χ3v) is 6.71. The second-order valence-corrected chi connectivity index (χ2v) is 8.10. The van der Waals surface area contributed by atoms with Crippen molar-refractivity contribution >= 4 is 11.6 Å². The zero-order chi connectivity index (χ0) is 17.5. The number of fused-ring (bicyclic) bond motifs is 1. The molecule has 0 radical (unpaired) electrons. The molecule has 0 bridgehead atoms. The van der Waals surface area contributed by atoms with Crippen LogP contribution in [-0.4, -0.2) is 30.6 Å².